The lowest BCUT2D eigenvalue weighted by Crippen LogP contribution is -2.25. The summed E-state index contributed by atoms with van der Waals surface area (Å²) in [6.07, 6.45) is 1.46. The minimum absolute atomic E-state index is 0.00880. The van der Waals surface area contributed by atoms with Crippen LogP contribution in [0.2, 0.25) is 0 Å². The Morgan fingerprint density at radius 3 is 2.50 bits per heavy atom. The van der Waals surface area contributed by atoms with Crippen molar-refractivity contribution in [3.05, 3.63) is 69.9 Å². The maximum atomic E-state index is 13.2. The van der Waals surface area contributed by atoms with E-state index in [1.807, 2.05) is 18.2 Å². The molecule has 2 N–H and O–H groups in total. The molecule has 0 saturated carbocycles. The zero-order valence-corrected chi connectivity index (χ0v) is 11.5. The second-order valence-corrected chi connectivity index (χ2v) is 5.24. The monoisotopic (exact) mass is 307 g/mol. The molecule has 0 aliphatic heterocycles. The second kappa shape index (κ2) is 6.12. The van der Waals surface area contributed by atoms with E-state index < -0.39 is 0 Å². The quantitative estimate of drug-likeness (QED) is 0.915. The number of hydrogen-bond acceptors (Lipinski definition) is 1. The van der Waals surface area contributed by atoms with E-state index >= 15 is 0 Å². The summed E-state index contributed by atoms with van der Waals surface area (Å²) >= 11 is 3.42. The van der Waals surface area contributed by atoms with Gasteiger partial charge in [-0.15, -0.1) is 0 Å². The molecule has 1 nitrogen and oxygen atoms in total. The third kappa shape index (κ3) is 3.65. The first-order chi connectivity index (χ1) is 8.65. The van der Waals surface area contributed by atoms with Gasteiger partial charge < -0.3 is 5.73 Å². The number of rotatable bonds is 4. The highest BCUT2D eigenvalue weighted by atomic mass is 79.9. The molecule has 1 unspecified atom stereocenters. The maximum absolute atomic E-state index is 13.2. The molecule has 0 radical (unpaired) electrons. The van der Waals surface area contributed by atoms with E-state index in [9.17, 15) is 4.39 Å². The molecular formula is C15H15BrFN. The molecule has 3 heteroatoms. The van der Waals surface area contributed by atoms with Crippen molar-refractivity contribution in [2.45, 2.75) is 18.9 Å². The molecule has 18 heavy (non-hydrogen) atoms. The van der Waals surface area contributed by atoms with Gasteiger partial charge in [0, 0.05) is 10.5 Å². The molecule has 0 heterocycles. The fraction of sp³-hybridized carbons (Fsp3) is 0.200. The van der Waals surface area contributed by atoms with Crippen LogP contribution in [0, 0.1) is 5.82 Å². The van der Waals surface area contributed by atoms with E-state index in [0.29, 0.717) is 6.42 Å². The lowest BCUT2D eigenvalue weighted by molar-refractivity contribution is 0.617. The Hall–Kier alpha value is -1.19. The van der Waals surface area contributed by atoms with Crippen molar-refractivity contribution < 1.29 is 4.39 Å². The van der Waals surface area contributed by atoms with Crippen molar-refractivity contribution in [1.82, 2.24) is 0 Å². The van der Waals surface area contributed by atoms with Crippen LogP contribution in [0.5, 0.6) is 0 Å². The molecule has 0 saturated heterocycles. The van der Waals surface area contributed by atoms with Gasteiger partial charge in [-0.25, -0.2) is 4.39 Å². The Kier molecular flexibility index (Phi) is 4.50. The van der Waals surface area contributed by atoms with Crippen LogP contribution in [-0.2, 0) is 12.8 Å². The van der Waals surface area contributed by atoms with Crippen LogP contribution >= 0.6 is 15.9 Å². The van der Waals surface area contributed by atoms with Crippen molar-refractivity contribution in [1.29, 1.82) is 0 Å². The molecule has 0 fully saturated rings. The van der Waals surface area contributed by atoms with Crippen LogP contribution in [0.1, 0.15) is 11.1 Å². The average molecular weight is 308 g/mol. The zero-order valence-electron chi connectivity index (χ0n) is 9.94. The van der Waals surface area contributed by atoms with Crippen LogP contribution in [0.15, 0.2) is 53.0 Å². The van der Waals surface area contributed by atoms with Gasteiger partial charge in [-0.3, -0.25) is 0 Å². The summed E-state index contributed by atoms with van der Waals surface area (Å²) in [5.74, 6) is -0.222. The number of benzene rings is 2. The molecule has 0 amide bonds. The molecule has 2 aromatic carbocycles. The first-order valence-electron chi connectivity index (χ1n) is 5.88. The molecule has 0 aliphatic carbocycles. The summed E-state index contributed by atoms with van der Waals surface area (Å²) in [7, 11) is 0. The molecule has 94 valence electrons. The van der Waals surface area contributed by atoms with Crippen LogP contribution in [0.4, 0.5) is 4.39 Å². The highest BCUT2D eigenvalue weighted by Gasteiger charge is 2.09. The molecule has 0 spiro atoms. The van der Waals surface area contributed by atoms with E-state index in [2.05, 4.69) is 28.1 Å². The van der Waals surface area contributed by atoms with Crippen LogP contribution in [0.3, 0.4) is 0 Å². The normalized spacial score (nSPS) is 12.4. The van der Waals surface area contributed by atoms with Crippen molar-refractivity contribution in [2.75, 3.05) is 0 Å². The zero-order chi connectivity index (χ0) is 13.0. The molecule has 2 aromatic rings. The minimum atomic E-state index is -0.222. The first kappa shape index (κ1) is 13.2. The van der Waals surface area contributed by atoms with Crippen molar-refractivity contribution in [2.24, 2.45) is 5.73 Å². The molecular weight excluding hydrogens is 293 g/mol. The van der Waals surface area contributed by atoms with Crippen molar-refractivity contribution in [3.8, 4) is 0 Å². The van der Waals surface area contributed by atoms with Crippen LogP contribution < -0.4 is 5.73 Å². The van der Waals surface area contributed by atoms with E-state index in [0.717, 1.165) is 16.5 Å². The lowest BCUT2D eigenvalue weighted by Gasteiger charge is -2.13. The summed E-state index contributed by atoms with van der Waals surface area (Å²) in [5, 5.41) is 0. The van der Waals surface area contributed by atoms with Gasteiger partial charge in [0.25, 0.3) is 0 Å². The molecule has 0 bridgehead atoms. The fourth-order valence-corrected chi connectivity index (χ4v) is 2.38. The maximum Gasteiger partial charge on any atom is 0.123 e. The van der Waals surface area contributed by atoms with Gasteiger partial charge in [0.15, 0.2) is 0 Å². The standard InChI is InChI=1S/C15H15BrFN/c16-15-7-6-13(17)9-12(15)10-14(18)8-11-4-2-1-3-5-11/h1-7,9,14H,8,10,18H2. The Balaban J connectivity index is 2.03. The van der Waals surface area contributed by atoms with Gasteiger partial charge >= 0.3 is 0 Å². The highest BCUT2D eigenvalue weighted by Crippen LogP contribution is 2.19. The molecule has 0 aliphatic rings. The molecule has 1 atom stereocenters. The van der Waals surface area contributed by atoms with Crippen molar-refractivity contribution >= 4 is 15.9 Å². The second-order valence-electron chi connectivity index (χ2n) is 4.39. The number of halogens is 2. The van der Waals surface area contributed by atoms with E-state index in [-0.39, 0.29) is 11.9 Å². The van der Waals surface area contributed by atoms with Gasteiger partial charge in [0.2, 0.25) is 0 Å². The molecule has 0 aromatic heterocycles. The third-order valence-corrected chi connectivity index (χ3v) is 3.60. The summed E-state index contributed by atoms with van der Waals surface area (Å²) < 4.78 is 14.1. The summed E-state index contributed by atoms with van der Waals surface area (Å²) in [6, 6.07) is 14.8. The minimum Gasteiger partial charge on any atom is -0.327 e. The van der Waals surface area contributed by atoms with E-state index in [1.165, 1.54) is 17.7 Å². The van der Waals surface area contributed by atoms with Gasteiger partial charge in [0.1, 0.15) is 5.82 Å². The topological polar surface area (TPSA) is 26.0 Å². The smallest absolute Gasteiger partial charge is 0.123 e. The summed E-state index contributed by atoms with van der Waals surface area (Å²) in [6.45, 7) is 0. The Morgan fingerprint density at radius 1 is 1.06 bits per heavy atom. The number of nitrogens with two attached hydrogens (primary N) is 1. The highest BCUT2D eigenvalue weighted by molar-refractivity contribution is 9.10. The third-order valence-electron chi connectivity index (χ3n) is 2.83. The average Bonchev–Trinajstić information content (AvgIpc) is 2.35. The van der Waals surface area contributed by atoms with E-state index in [4.69, 9.17) is 5.73 Å². The van der Waals surface area contributed by atoms with Gasteiger partial charge in [-0.05, 0) is 42.2 Å². The Bertz CT molecular complexity index is 513. The predicted molar refractivity (Wildman–Crippen MR) is 75.9 cm³/mol. The molecule has 2 rings (SSSR count). The summed E-state index contributed by atoms with van der Waals surface area (Å²) in [4.78, 5) is 0. The lowest BCUT2D eigenvalue weighted by atomic mass is 10.00. The van der Waals surface area contributed by atoms with Gasteiger partial charge in [0.05, 0.1) is 0 Å². The largest absolute Gasteiger partial charge is 0.327 e. The Morgan fingerprint density at radius 2 is 1.78 bits per heavy atom. The fourth-order valence-electron chi connectivity index (χ4n) is 1.97. The SMILES string of the molecule is NC(Cc1ccccc1)Cc1cc(F)ccc1Br. The summed E-state index contributed by atoms with van der Waals surface area (Å²) in [5.41, 5.74) is 8.23. The number of hydrogen-bond donors (Lipinski definition) is 1. The van der Waals surface area contributed by atoms with Gasteiger partial charge in [-0.1, -0.05) is 46.3 Å². The van der Waals surface area contributed by atoms with Crippen LogP contribution in [0.25, 0.3) is 0 Å². The predicted octanol–water partition coefficient (Wildman–Crippen LogP) is 3.70. The van der Waals surface area contributed by atoms with E-state index in [1.54, 1.807) is 6.07 Å². The Labute approximate surface area is 115 Å². The van der Waals surface area contributed by atoms with Crippen molar-refractivity contribution in [3.63, 3.8) is 0 Å². The van der Waals surface area contributed by atoms with Gasteiger partial charge in [-0.2, -0.15) is 0 Å². The first-order valence-corrected chi connectivity index (χ1v) is 6.68. The van der Waals surface area contributed by atoms with Crippen LogP contribution in [-0.4, -0.2) is 6.04 Å².